The maximum absolute atomic E-state index is 11.3. The summed E-state index contributed by atoms with van der Waals surface area (Å²) in [5.41, 5.74) is 8.30. The van der Waals surface area contributed by atoms with Crippen LogP contribution < -0.4 is 5.73 Å². The van der Waals surface area contributed by atoms with Crippen molar-refractivity contribution in [1.82, 2.24) is 9.88 Å². The van der Waals surface area contributed by atoms with Crippen LogP contribution in [0.15, 0.2) is 30.3 Å². The van der Waals surface area contributed by atoms with Crippen LogP contribution in [0.4, 0.5) is 0 Å². The molecule has 0 aliphatic heterocycles. The first-order valence-electron chi connectivity index (χ1n) is 7.52. The molecule has 1 heterocycles. The molecule has 1 aromatic carbocycles. The second-order valence-electron chi connectivity index (χ2n) is 5.21. The maximum Gasteiger partial charge on any atom is 0.221 e. The van der Waals surface area contributed by atoms with Crippen LogP contribution in [0.3, 0.4) is 0 Å². The third kappa shape index (κ3) is 4.02. The van der Waals surface area contributed by atoms with E-state index in [4.69, 9.17) is 10.7 Å². The number of fused-ring (bicyclic) bond motifs is 1. The Morgan fingerprint density at radius 3 is 2.62 bits per heavy atom. The average molecular weight is 285 g/mol. The van der Waals surface area contributed by atoms with Gasteiger partial charge in [0.05, 0.1) is 11.9 Å². The Morgan fingerprint density at radius 2 is 1.95 bits per heavy atom. The number of aromatic nitrogens is 1. The van der Waals surface area contributed by atoms with Crippen LogP contribution >= 0.6 is 0 Å². The lowest BCUT2D eigenvalue weighted by Crippen LogP contribution is -2.25. The Balaban J connectivity index is 2.30. The molecular weight excluding hydrogens is 262 g/mol. The number of para-hydroxylation sites is 1. The summed E-state index contributed by atoms with van der Waals surface area (Å²) in [4.78, 5) is 18.3. The second-order valence-corrected chi connectivity index (χ2v) is 5.21. The van der Waals surface area contributed by atoms with Crippen LogP contribution in [-0.2, 0) is 17.6 Å². The monoisotopic (exact) mass is 285 g/mol. The lowest BCUT2D eigenvalue weighted by atomic mass is 10.0. The lowest BCUT2D eigenvalue weighted by molar-refractivity contribution is -0.117. The fourth-order valence-electron chi connectivity index (χ4n) is 2.58. The van der Waals surface area contributed by atoms with E-state index in [2.05, 4.69) is 18.7 Å². The van der Waals surface area contributed by atoms with E-state index >= 15 is 0 Å². The smallest absolute Gasteiger partial charge is 0.221 e. The van der Waals surface area contributed by atoms with Gasteiger partial charge in [-0.05, 0) is 30.8 Å². The molecule has 4 nitrogen and oxygen atoms in total. The molecule has 2 rings (SSSR count). The summed E-state index contributed by atoms with van der Waals surface area (Å²) >= 11 is 0. The van der Waals surface area contributed by atoms with Crippen molar-refractivity contribution in [2.45, 2.75) is 26.7 Å². The number of carbonyl (C=O) groups excluding carboxylic acids is 1. The van der Waals surface area contributed by atoms with Gasteiger partial charge in [0.15, 0.2) is 0 Å². The Bertz CT molecular complexity index is 620. The van der Waals surface area contributed by atoms with Crippen molar-refractivity contribution in [3.8, 4) is 0 Å². The van der Waals surface area contributed by atoms with Gasteiger partial charge in [-0.2, -0.15) is 0 Å². The number of amides is 1. The first-order chi connectivity index (χ1) is 10.1. The molecule has 1 aromatic heterocycles. The van der Waals surface area contributed by atoms with E-state index in [-0.39, 0.29) is 12.3 Å². The molecule has 0 saturated carbocycles. The Labute approximate surface area is 126 Å². The first-order valence-corrected chi connectivity index (χ1v) is 7.52. The van der Waals surface area contributed by atoms with Gasteiger partial charge in [0.25, 0.3) is 0 Å². The minimum atomic E-state index is -0.305. The molecule has 112 valence electrons. The van der Waals surface area contributed by atoms with Crippen LogP contribution in [0, 0.1) is 0 Å². The fourth-order valence-corrected chi connectivity index (χ4v) is 2.58. The predicted octanol–water partition coefficient (Wildman–Crippen LogP) is 2.15. The highest BCUT2D eigenvalue weighted by molar-refractivity contribution is 5.87. The zero-order valence-corrected chi connectivity index (χ0v) is 12.8. The van der Waals surface area contributed by atoms with Crippen molar-refractivity contribution in [3.63, 3.8) is 0 Å². The number of hydrogen-bond donors (Lipinski definition) is 1. The molecule has 0 bridgehead atoms. The van der Waals surface area contributed by atoms with Crippen molar-refractivity contribution < 1.29 is 4.79 Å². The summed E-state index contributed by atoms with van der Waals surface area (Å²) in [5, 5.41) is 1.02. The van der Waals surface area contributed by atoms with Crippen LogP contribution in [-0.4, -0.2) is 35.4 Å². The van der Waals surface area contributed by atoms with Gasteiger partial charge in [-0.25, -0.2) is 0 Å². The van der Waals surface area contributed by atoms with E-state index in [1.807, 2.05) is 30.3 Å². The van der Waals surface area contributed by atoms with Crippen molar-refractivity contribution in [2.24, 2.45) is 5.73 Å². The van der Waals surface area contributed by atoms with E-state index in [1.165, 1.54) is 0 Å². The Kier molecular flexibility index (Phi) is 5.28. The summed E-state index contributed by atoms with van der Waals surface area (Å²) in [6.45, 7) is 7.39. The fraction of sp³-hybridized carbons (Fsp3) is 0.412. The Morgan fingerprint density at radius 1 is 1.24 bits per heavy atom. The third-order valence-corrected chi connectivity index (χ3v) is 3.80. The number of benzene rings is 1. The molecule has 0 spiro atoms. The van der Waals surface area contributed by atoms with E-state index in [0.717, 1.165) is 48.2 Å². The second kappa shape index (κ2) is 7.18. The zero-order chi connectivity index (χ0) is 15.2. The van der Waals surface area contributed by atoms with Crippen molar-refractivity contribution >= 4 is 16.8 Å². The minimum Gasteiger partial charge on any atom is -0.369 e. The highest BCUT2D eigenvalue weighted by atomic mass is 16.1. The molecule has 0 fully saturated rings. The number of rotatable bonds is 7. The van der Waals surface area contributed by atoms with E-state index in [0.29, 0.717) is 0 Å². The largest absolute Gasteiger partial charge is 0.369 e. The molecule has 0 aliphatic rings. The molecule has 1 amide bonds. The van der Waals surface area contributed by atoms with Crippen LogP contribution in [0.5, 0.6) is 0 Å². The molecule has 4 heteroatoms. The number of carbonyl (C=O) groups is 1. The molecule has 21 heavy (non-hydrogen) atoms. The van der Waals surface area contributed by atoms with Crippen molar-refractivity contribution in [3.05, 3.63) is 41.6 Å². The number of nitrogens with two attached hydrogens (primary N) is 1. The van der Waals surface area contributed by atoms with E-state index < -0.39 is 0 Å². The number of likely N-dealkylation sites (N-methyl/N-ethyl adjacent to an activating group) is 1. The summed E-state index contributed by atoms with van der Waals surface area (Å²) in [5.74, 6) is -0.305. The third-order valence-electron chi connectivity index (χ3n) is 3.80. The van der Waals surface area contributed by atoms with Crippen LogP contribution in [0.25, 0.3) is 10.9 Å². The van der Waals surface area contributed by atoms with E-state index in [9.17, 15) is 4.79 Å². The van der Waals surface area contributed by atoms with Gasteiger partial charge in [0, 0.05) is 24.0 Å². The molecule has 2 N–H and O–H groups in total. The van der Waals surface area contributed by atoms with Crippen molar-refractivity contribution in [2.75, 3.05) is 19.6 Å². The number of pyridine rings is 1. The summed E-state index contributed by atoms with van der Waals surface area (Å²) < 4.78 is 0. The quantitative estimate of drug-likeness (QED) is 0.848. The molecule has 0 saturated heterocycles. The van der Waals surface area contributed by atoms with Gasteiger partial charge in [-0.15, -0.1) is 0 Å². The minimum absolute atomic E-state index is 0.265. The van der Waals surface area contributed by atoms with Gasteiger partial charge in [0.2, 0.25) is 5.91 Å². The number of hydrogen-bond acceptors (Lipinski definition) is 3. The lowest BCUT2D eigenvalue weighted by Gasteiger charge is -2.18. The Hall–Kier alpha value is -1.94. The molecule has 0 unspecified atom stereocenters. The van der Waals surface area contributed by atoms with Gasteiger partial charge in [0.1, 0.15) is 0 Å². The molecular formula is C17H23N3O. The molecule has 0 radical (unpaired) electrons. The first kappa shape index (κ1) is 15.4. The normalized spacial score (nSPS) is 11.2. The van der Waals surface area contributed by atoms with E-state index in [1.54, 1.807) is 0 Å². The van der Waals surface area contributed by atoms with Gasteiger partial charge < -0.3 is 10.6 Å². The number of primary amides is 1. The zero-order valence-electron chi connectivity index (χ0n) is 12.8. The average Bonchev–Trinajstić information content (AvgIpc) is 2.48. The van der Waals surface area contributed by atoms with Crippen molar-refractivity contribution in [1.29, 1.82) is 0 Å². The maximum atomic E-state index is 11.3. The highest BCUT2D eigenvalue weighted by Crippen LogP contribution is 2.19. The van der Waals surface area contributed by atoms with Gasteiger partial charge >= 0.3 is 0 Å². The summed E-state index contributed by atoms with van der Waals surface area (Å²) in [6, 6.07) is 9.94. The molecule has 2 aromatic rings. The van der Waals surface area contributed by atoms with Gasteiger partial charge in [-0.3, -0.25) is 9.78 Å². The number of nitrogens with zero attached hydrogens (tertiary/aromatic N) is 2. The van der Waals surface area contributed by atoms with Crippen LogP contribution in [0.1, 0.15) is 25.1 Å². The predicted molar refractivity (Wildman–Crippen MR) is 86.1 cm³/mol. The molecule has 0 aliphatic carbocycles. The standard InChI is InChI=1S/C17H23N3O/c1-3-20(4-2)10-9-14-11-13(12-17(18)21)15-7-5-6-8-16(15)19-14/h5-8,11H,3-4,9-10,12H2,1-2H3,(H2,18,21). The summed E-state index contributed by atoms with van der Waals surface area (Å²) in [7, 11) is 0. The molecule has 0 atom stereocenters. The van der Waals surface area contributed by atoms with Gasteiger partial charge in [-0.1, -0.05) is 32.0 Å². The SMILES string of the molecule is CCN(CC)CCc1cc(CC(N)=O)c2ccccc2n1. The highest BCUT2D eigenvalue weighted by Gasteiger charge is 2.09. The summed E-state index contributed by atoms with van der Waals surface area (Å²) in [6.07, 6.45) is 1.15. The van der Waals surface area contributed by atoms with Crippen LogP contribution in [0.2, 0.25) is 0 Å². The topological polar surface area (TPSA) is 59.2 Å².